The van der Waals surface area contributed by atoms with E-state index in [0.29, 0.717) is 35.7 Å². The van der Waals surface area contributed by atoms with Gasteiger partial charge in [-0.05, 0) is 35.9 Å². The molecule has 0 saturated carbocycles. The van der Waals surface area contributed by atoms with Gasteiger partial charge in [-0.1, -0.05) is 18.2 Å². The zero-order valence-electron chi connectivity index (χ0n) is 17.0. The van der Waals surface area contributed by atoms with Gasteiger partial charge in [0.25, 0.3) is 0 Å². The topological polar surface area (TPSA) is 89.7 Å². The van der Waals surface area contributed by atoms with Crippen LogP contribution in [0.25, 0.3) is 22.9 Å². The summed E-state index contributed by atoms with van der Waals surface area (Å²) in [5.41, 5.74) is 1.64. The number of tetrazole rings is 1. The van der Waals surface area contributed by atoms with Crippen LogP contribution in [0.4, 0.5) is 13.2 Å². The molecular weight excluding hydrogens is 411 g/mol. The number of alkyl halides is 3. The molecule has 0 bridgehead atoms. The zero-order valence-corrected chi connectivity index (χ0v) is 17.0. The van der Waals surface area contributed by atoms with Gasteiger partial charge in [-0.2, -0.15) is 13.2 Å². The first-order valence-electron chi connectivity index (χ1n) is 9.35. The molecule has 1 aliphatic heterocycles. The van der Waals surface area contributed by atoms with E-state index in [4.69, 9.17) is 0 Å². The third-order valence-electron chi connectivity index (χ3n) is 4.55. The highest BCUT2D eigenvalue weighted by Gasteiger charge is 2.30. The maximum atomic E-state index is 12.8. The largest absolute Gasteiger partial charge is 0.416 e. The van der Waals surface area contributed by atoms with E-state index in [2.05, 4.69) is 32.1 Å². The highest BCUT2D eigenvalue weighted by molar-refractivity contribution is 5.64. The van der Waals surface area contributed by atoms with E-state index in [1.807, 2.05) is 6.92 Å². The quantitative estimate of drug-likeness (QED) is 0.468. The lowest BCUT2D eigenvalue weighted by Gasteiger charge is -2.26. The lowest BCUT2D eigenvalue weighted by Crippen LogP contribution is -2.31. The Morgan fingerprint density at radius 2 is 1.84 bits per heavy atom. The average molecular weight is 431 g/mol. The first kappa shape index (κ1) is 22.1. The number of carbonyl (C=O) groups excluding carboxylic acids is 1. The minimum absolute atomic E-state index is 0.248. The highest BCUT2D eigenvalue weighted by atomic mass is 19.4. The van der Waals surface area contributed by atoms with Crippen LogP contribution in [0.2, 0.25) is 0 Å². The number of allylic oxidation sites excluding steroid dienone is 1. The normalized spacial score (nSPS) is 13.1. The number of aryl methyl sites for hydroxylation is 1. The Morgan fingerprint density at radius 1 is 1.16 bits per heavy atom. The standard InChI is InChI=1S/C17H14F3N7O.C3H6/c1-26-16(23-24-25-26)14-12-6-7-27(9-28)8-13(12)21-15(22-14)10-2-4-11(5-3-10)17(18,19)20;1-3-2/h2-5,9H,6-8H2,1H3;3H,1H2,2H3. The Kier molecular flexibility index (Phi) is 6.42. The molecule has 1 aromatic carbocycles. The lowest BCUT2D eigenvalue weighted by atomic mass is 10.0. The number of nitrogens with zero attached hydrogens (tertiary/aromatic N) is 7. The Balaban J connectivity index is 0.000000858. The molecule has 0 spiro atoms. The molecule has 0 aliphatic carbocycles. The predicted octanol–water partition coefficient (Wildman–Crippen LogP) is 3.06. The van der Waals surface area contributed by atoms with Crippen LogP contribution < -0.4 is 0 Å². The van der Waals surface area contributed by atoms with Crippen molar-refractivity contribution in [1.29, 1.82) is 0 Å². The van der Waals surface area contributed by atoms with Gasteiger partial charge >= 0.3 is 6.18 Å². The second kappa shape index (κ2) is 9.02. The van der Waals surface area contributed by atoms with Crippen molar-refractivity contribution in [2.75, 3.05) is 6.54 Å². The van der Waals surface area contributed by atoms with Crippen molar-refractivity contribution in [3.05, 3.63) is 53.7 Å². The summed E-state index contributed by atoms with van der Waals surface area (Å²) < 4.78 is 39.9. The molecule has 0 saturated heterocycles. The van der Waals surface area contributed by atoms with Gasteiger partial charge in [0, 0.05) is 24.7 Å². The van der Waals surface area contributed by atoms with E-state index in [-0.39, 0.29) is 12.4 Å². The van der Waals surface area contributed by atoms with E-state index in [1.165, 1.54) is 16.8 Å². The Labute approximate surface area is 176 Å². The van der Waals surface area contributed by atoms with Crippen LogP contribution in [0.15, 0.2) is 36.9 Å². The number of benzene rings is 1. The Bertz CT molecular complexity index is 1080. The number of carbonyl (C=O) groups is 1. The van der Waals surface area contributed by atoms with Gasteiger partial charge in [0.05, 0.1) is 17.8 Å². The van der Waals surface area contributed by atoms with Crippen LogP contribution >= 0.6 is 0 Å². The van der Waals surface area contributed by atoms with E-state index >= 15 is 0 Å². The number of amides is 1. The molecule has 3 aromatic rings. The second-order valence-electron chi connectivity index (χ2n) is 6.76. The molecule has 8 nitrogen and oxygen atoms in total. The zero-order chi connectivity index (χ0) is 22.6. The SMILES string of the molecule is C=CC.Cn1nnnc1-c1nc(-c2ccc(C(F)(F)F)cc2)nc2c1CCN(C=O)C2. The summed E-state index contributed by atoms with van der Waals surface area (Å²) >= 11 is 0. The van der Waals surface area contributed by atoms with Crippen molar-refractivity contribution >= 4 is 6.41 Å². The van der Waals surface area contributed by atoms with Crippen LogP contribution in [-0.4, -0.2) is 48.0 Å². The molecular formula is C20H20F3N7O. The van der Waals surface area contributed by atoms with Crippen molar-refractivity contribution in [3.8, 4) is 22.9 Å². The van der Waals surface area contributed by atoms with E-state index in [1.54, 1.807) is 18.0 Å². The van der Waals surface area contributed by atoms with Crippen LogP contribution in [0.1, 0.15) is 23.7 Å². The lowest BCUT2D eigenvalue weighted by molar-refractivity contribution is -0.137. The molecule has 0 atom stereocenters. The van der Waals surface area contributed by atoms with Gasteiger partial charge in [0.1, 0.15) is 5.69 Å². The molecule has 1 aliphatic rings. The van der Waals surface area contributed by atoms with Crippen LogP contribution in [0.5, 0.6) is 0 Å². The van der Waals surface area contributed by atoms with Gasteiger partial charge in [0.15, 0.2) is 5.82 Å². The van der Waals surface area contributed by atoms with Gasteiger partial charge < -0.3 is 4.90 Å². The minimum Gasteiger partial charge on any atom is -0.339 e. The maximum absolute atomic E-state index is 12.8. The third kappa shape index (κ3) is 4.76. The van der Waals surface area contributed by atoms with Crippen molar-refractivity contribution in [3.63, 3.8) is 0 Å². The van der Waals surface area contributed by atoms with Gasteiger partial charge in [-0.15, -0.1) is 11.7 Å². The van der Waals surface area contributed by atoms with Crippen molar-refractivity contribution < 1.29 is 18.0 Å². The number of hydrogen-bond acceptors (Lipinski definition) is 6. The molecule has 4 rings (SSSR count). The van der Waals surface area contributed by atoms with Crippen LogP contribution in [0.3, 0.4) is 0 Å². The molecule has 0 unspecified atom stereocenters. The smallest absolute Gasteiger partial charge is 0.339 e. The van der Waals surface area contributed by atoms with Gasteiger partial charge in [-0.25, -0.2) is 14.6 Å². The summed E-state index contributed by atoms with van der Waals surface area (Å²) in [7, 11) is 1.67. The summed E-state index contributed by atoms with van der Waals surface area (Å²) in [6.07, 6.45) is -1.40. The average Bonchev–Trinajstić information content (AvgIpc) is 3.18. The highest BCUT2D eigenvalue weighted by Crippen LogP contribution is 2.32. The van der Waals surface area contributed by atoms with Crippen LogP contribution in [-0.2, 0) is 31.0 Å². The maximum Gasteiger partial charge on any atom is 0.416 e. The molecule has 1 amide bonds. The summed E-state index contributed by atoms with van der Waals surface area (Å²) in [6, 6.07) is 4.62. The summed E-state index contributed by atoms with van der Waals surface area (Å²) in [5, 5.41) is 11.4. The first-order chi connectivity index (χ1) is 14.8. The predicted molar refractivity (Wildman–Crippen MR) is 106 cm³/mol. The number of hydrogen-bond donors (Lipinski definition) is 0. The number of rotatable bonds is 3. The Hall–Kier alpha value is -3.63. The number of aromatic nitrogens is 6. The van der Waals surface area contributed by atoms with Gasteiger partial charge in [-0.3, -0.25) is 4.79 Å². The van der Waals surface area contributed by atoms with E-state index in [9.17, 15) is 18.0 Å². The molecule has 0 fully saturated rings. The molecule has 0 radical (unpaired) electrons. The molecule has 0 N–H and O–H groups in total. The van der Waals surface area contributed by atoms with E-state index in [0.717, 1.165) is 24.1 Å². The molecule has 3 heterocycles. The van der Waals surface area contributed by atoms with Crippen molar-refractivity contribution in [1.82, 2.24) is 35.1 Å². The molecule has 162 valence electrons. The first-order valence-corrected chi connectivity index (χ1v) is 9.35. The number of fused-ring (bicyclic) bond motifs is 1. The van der Waals surface area contributed by atoms with Gasteiger partial charge in [0.2, 0.25) is 12.2 Å². The monoisotopic (exact) mass is 431 g/mol. The van der Waals surface area contributed by atoms with Crippen molar-refractivity contribution in [2.24, 2.45) is 7.05 Å². The summed E-state index contributed by atoms with van der Waals surface area (Å²) in [5.74, 6) is 0.671. The molecule has 11 heteroatoms. The molecule has 31 heavy (non-hydrogen) atoms. The van der Waals surface area contributed by atoms with Crippen molar-refractivity contribution in [2.45, 2.75) is 26.1 Å². The number of halogens is 3. The second-order valence-corrected chi connectivity index (χ2v) is 6.76. The molecule has 2 aromatic heterocycles. The summed E-state index contributed by atoms with van der Waals surface area (Å²) in [6.45, 7) is 6.05. The fourth-order valence-corrected chi connectivity index (χ4v) is 3.09. The third-order valence-corrected chi connectivity index (χ3v) is 4.55. The fourth-order valence-electron chi connectivity index (χ4n) is 3.09. The minimum atomic E-state index is -4.42. The van der Waals surface area contributed by atoms with E-state index < -0.39 is 11.7 Å². The van der Waals surface area contributed by atoms with Crippen LogP contribution in [0, 0.1) is 0 Å². The summed E-state index contributed by atoms with van der Waals surface area (Å²) in [4.78, 5) is 21.8. The fraction of sp³-hybridized carbons (Fsp3) is 0.300. The Morgan fingerprint density at radius 3 is 2.39 bits per heavy atom.